The van der Waals surface area contributed by atoms with Crippen LogP contribution in [0.25, 0.3) is 0 Å². The zero-order chi connectivity index (χ0) is 16.2. The lowest BCUT2D eigenvalue weighted by Crippen LogP contribution is -2.12. The molecule has 0 unspecified atom stereocenters. The van der Waals surface area contributed by atoms with Crippen LogP contribution in [-0.2, 0) is 0 Å². The van der Waals surface area contributed by atoms with Gasteiger partial charge in [-0.1, -0.05) is 48.5 Å². The predicted molar refractivity (Wildman–Crippen MR) is 94.0 cm³/mol. The highest BCUT2D eigenvalue weighted by Gasteiger charge is 2.15. The van der Waals surface area contributed by atoms with E-state index >= 15 is 0 Å². The van der Waals surface area contributed by atoms with Crippen LogP contribution in [0.1, 0.15) is 22.8 Å². The SMILES string of the molecule is Cc1cc(N(C)c2ccccc2)ncc1[C@H](O)c1ccccc1. The number of anilines is 2. The third kappa shape index (κ3) is 3.25. The van der Waals surface area contributed by atoms with Gasteiger partial charge in [-0.05, 0) is 36.2 Å². The van der Waals surface area contributed by atoms with E-state index in [1.54, 1.807) is 6.20 Å². The van der Waals surface area contributed by atoms with Crippen LogP contribution >= 0.6 is 0 Å². The lowest BCUT2D eigenvalue weighted by molar-refractivity contribution is 0.219. The van der Waals surface area contributed by atoms with Gasteiger partial charge in [-0.25, -0.2) is 4.98 Å². The van der Waals surface area contributed by atoms with Crippen LogP contribution in [0.5, 0.6) is 0 Å². The Morgan fingerprint density at radius 1 is 0.957 bits per heavy atom. The van der Waals surface area contributed by atoms with Crippen LogP contribution < -0.4 is 4.90 Å². The van der Waals surface area contributed by atoms with Crippen molar-refractivity contribution in [3.63, 3.8) is 0 Å². The monoisotopic (exact) mass is 304 g/mol. The molecule has 3 nitrogen and oxygen atoms in total. The average molecular weight is 304 g/mol. The molecule has 0 aliphatic carbocycles. The van der Waals surface area contributed by atoms with E-state index in [2.05, 4.69) is 4.98 Å². The predicted octanol–water partition coefficient (Wildman–Crippen LogP) is 4.24. The van der Waals surface area contributed by atoms with Gasteiger partial charge >= 0.3 is 0 Å². The van der Waals surface area contributed by atoms with Gasteiger partial charge in [0.15, 0.2) is 0 Å². The van der Waals surface area contributed by atoms with E-state index in [4.69, 9.17) is 0 Å². The fraction of sp³-hybridized carbons (Fsp3) is 0.150. The van der Waals surface area contributed by atoms with E-state index in [0.29, 0.717) is 0 Å². The molecule has 1 N–H and O–H groups in total. The molecule has 0 saturated heterocycles. The van der Waals surface area contributed by atoms with Crippen molar-refractivity contribution in [2.45, 2.75) is 13.0 Å². The van der Waals surface area contributed by atoms with Crippen LogP contribution in [0.15, 0.2) is 72.9 Å². The van der Waals surface area contributed by atoms with E-state index < -0.39 is 6.10 Å². The van der Waals surface area contributed by atoms with Gasteiger partial charge in [0.1, 0.15) is 11.9 Å². The number of aliphatic hydroxyl groups is 1. The maximum absolute atomic E-state index is 10.6. The van der Waals surface area contributed by atoms with Crippen molar-refractivity contribution >= 4 is 11.5 Å². The zero-order valence-corrected chi connectivity index (χ0v) is 13.3. The van der Waals surface area contributed by atoms with Crippen molar-refractivity contribution in [2.75, 3.05) is 11.9 Å². The number of hydrogen-bond acceptors (Lipinski definition) is 3. The lowest BCUT2D eigenvalue weighted by Gasteiger charge is -2.21. The summed E-state index contributed by atoms with van der Waals surface area (Å²) in [7, 11) is 1.99. The summed E-state index contributed by atoms with van der Waals surface area (Å²) in [5.41, 5.74) is 3.81. The number of aryl methyl sites for hydroxylation is 1. The van der Waals surface area contributed by atoms with E-state index in [-0.39, 0.29) is 0 Å². The molecule has 0 aliphatic rings. The fourth-order valence-corrected chi connectivity index (χ4v) is 2.62. The standard InChI is InChI=1S/C20H20N2O/c1-15-13-19(22(2)17-11-7-4-8-12-17)21-14-18(15)20(23)16-9-5-3-6-10-16/h3-14,20,23H,1-2H3/t20-/m1/s1. The first kappa shape index (κ1) is 15.3. The molecular formula is C20H20N2O. The summed E-state index contributed by atoms with van der Waals surface area (Å²) in [5.74, 6) is 0.859. The average Bonchev–Trinajstić information content (AvgIpc) is 2.62. The second kappa shape index (κ2) is 6.63. The summed E-state index contributed by atoms with van der Waals surface area (Å²) in [4.78, 5) is 6.56. The Kier molecular flexibility index (Phi) is 4.40. The van der Waals surface area contributed by atoms with Gasteiger partial charge in [-0.15, -0.1) is 0 Å². The minimum Gasteiger partial charge on any atom is -0.384 e. The van der Waals surface area contributed by atoms with Crippen LogP contribution in [0.4, 0.5) is 11.5 Å². The van der Waals surface area contributed by atoms with E-state index in [1.807, 2.05) is 85.6 Å². The molecule has 2 aromatic carbocycles. The first-order chi connectivity index (χ1) is 11.2. The summed E-state index contributed by atoms with van der Waals surface area (Å²) < 4.78 is 0. The highest BCUT2D eigenvalue weighted by atomic mass is 16.3. The number of nitrogens with zero attached hydrogens (tertiary/aromatic N) is 2. The third-order valence-corrected chi connectivity index (χ3v) is 4.03. The second-order valence-corrected chi connectivity index (χ2v) is 5.61. The summed E-state index contributed by atoms with van der Waals surface area (Å²) in [6.45, 7) is 2.01. The van der Waals surface area contributed by atoms with Crippen LogP contribution in [0, 0.1) is 6.92 Å². The minimum absolute atomic E-state index is 0.653. The van der Waals surface area contributed by atoms with Crippen molar-refractivity contribution in [1.82, 2.24) is 4.98 Å². The minimum atomic E-state index is -0.653. The molecule has 23 heavy (non-hydrogen) atoms. The van der Waals surface area contributed by atoms with Crippen molar-refractivity contribution in [3.8, 4) is 0 Å². The fourth-order valence-electron chi connectivity index (χ4n) is 2.62. The molecule has 1 aromatic heterocycles. The number of aromatic nitrogens is 1. The van der Waals surface area contributed by atoms with Crippen molar-refractivity contribution in [2.24, 2.45) is 0 Å². The number of pyridine rings is 1. The molecule has 0 radical (unpaired) electrons. The Bertz CT molecular complexity index is 772. The first-order valence-electron chi connectivity index (χ1n) is 7.65. The van der Waals surface area contributed by atoms with Gasteiger partial charge in [0.2, 0.25) is 0 Å². The molecule has 3 heteroatoms. The van der Waals surface area contributed by atoms with Gasteiger partial charge in [0.05, 0.1) is 0 Å². The Balaban J connectivity index is 1.89. The normalized spacial score (nSPS) is 12.0. The summed E-state index contributed by atoms with van der Waals surface area (Å²) in [6.07, 6.45) is 1.11. The molecule has 0 spiro atoms. The van der Waals surface area contributed by atoms with Crippen LogP contribution in [-0.4, -0.2) is 17.1 Å². The topological polar surface area (TPSA) is 36.4 Å². The van der Waals surface area contributed by atoms with Crippen molar-refractivity contribution < 1.29 is 5.11 Å². The number of rotatable bonds is 4. The van der Waals surface area contributed by atoms with Crippen LogP contribution in [0.3, 0.4) is 0 Å². The van der Waals surface area contributed by atoms with Gasteiger partial charge < -0.3 is 10.0 Å². The van der Waals surface area contributed by atoms with Crippen molar-refractivity contribution in [1.29, 1.82) is 0 Å². The second-order valence-electron chi connectivity index (χ2n) is 5.61. The zero-order valence-electron chi connectivity index (χ0n) is 13.3. The highest BCUT2D eigenvalue weighted by Crippen LogP contribution is 2.28. The molecule has 1 heterocycles. The molecule has 0 bridgehead atoms. The van der Waals surface area contributed by atoms with E-state index in [9.17, 15) is 5.11 Å². The molecule has 0 aliphatic heterocycles. The lowest BCUT2D eigenvalue weighted by atomic mass is 9.99. The summed E-state index contributed by atoms with van der Waals surface area (Å²) in [6, 6.07) is 21.8. The molecule has 0 saturated carbocycles. The highest BCUT2D eigenvalue weighted by molar-refractivity contribution is 5.60. The molecule has 0 amide bonds. The number of aliphatic hydroxyl groups excluding tert-OH is 1. The number of para-hydroxylation sites is 1. The van der Waals surface area contributed by atoms with Gasteiger partial charge in [0, 0.05) is 24.5 Å². The van der Waals surface area contributed by atoms with E-state index in [0.717, 1.165) is 28.2 Å². The maximum atomic E-state index is 10.6. The molecule has 3 rings (SSSR count). The van der Waals surface area contributed by atoms with Gasteiger partial charge in [0.25, 0.3) is 0 Å². The number of hydrogen-bond donors (Lipinski definition) is 1. The van der Waals surface area contributed by atoms with Gasteiger partial charge in [-0.3, -0.25) is 0 Å². The van der Waals surface area contributed by atoms with Crippen molar-refractivity contribution in [3.05, 3.63) is 89.6 Å². The molecule has 3 aromatic rings. The largest absolute Gasteiger partial charge is 0.384 e. The molecule has 1 atom stereocenters. The molecular weight excluding hydrogens is 284 g/mol. The summed E-state index contributed by atoms with van der Waals surface area (Å²) >= 11 is 0. The Labute approximate surface area is 136 Å². The van der Waals surface area contributed by atoms with Crippen LogP contribution in [0.2, 0.25) is 0 Å². The number of benzene rings is 2. The quantitative estimate of drug-likeness (QED) is 0.783. The maximum Gasteiger partial charge on any atom is 0.132 e. The Morgan fingerprint density at radius 3 is 2.17 bits per heavy atom. The third-order valence-electron chi connectivity index (χ3n) is 4.03. The summed E-state index contributed by atoms with van der Waals surface area (Å²) in [5, 5.41) is 10.6. The Morgan fingerprint density at radius 2 is 1.57 bits per heavy atom. The molecule has 116 valence electrons. The van der Waals surface area contributed by atoms with E-state index in [1.165, 1.54) is 0 Å². The Hall–Kier alpha value is -2.65. The smallest absolute Gasteiger partial charge is 0.132 e. The molecule has 0 fully saturated rings. The first-order valence-corrected chi connectivity index (χ1v) is 7.65. The van der Waals surface area contributed by atoms with Gasteiger partial charge in [-0.2, -0.15) is 0 Å².